The number of aliphatic carboxylic acids is 1. The largest absolute Gasteiger partial charge is 1.00 e. The fourth-order valence-corrected chi connectivity index (χ4v) is 2.63. The summed E-state index contributed by atoms with van der Waals surface area (Å²) in [5, 5.41) is 8.73. The number of carbonyl (C=O) groups is 1. The molecule has 1 heterocycles. The number of fused-ring (bicyclic) bond motifs is 1. The number of nitrogens with zero attached hydrogens (tertiary/aromatic N) is 1. The Kier molecular flexibility index (Phi) is 4.91. The number of hydrogen-bond acceptors (Lipinski definition) is 1. The van der Waals surface area contributed by atoms with E-state index in [4.69, 9.17) is 5.11 Å². The fourth-order valence-electron chi connectivity index (χ4n) is 2.63. The Morgan fingerprint density at radius 2 is 1.95 bits per heavy atom. The highest BCUT2D eigenvalue weighted by atomic mass is 79.9. The highest BCUT2D eigenvalue weighted by molar-refractivity contribution is 5.93. The molecule has 0 saturated carbocycles. The van der Waals surface area contributed by atoms with Gasteiger partial charge in [0.25, 0.3) is 0 Å². The molecule has 0 aliphatic carbocycles. The fraction of sp³-hybridized carbons (Fsp3) is 0.467. The third-order valence-corrected chi connectivity index (χ3v) is 3.95. The number of para-hydroxylation sites is 1. The van der Waals surface area contributed by atoms with Crippen LogP contribution in [-0.2, 0) is 10.2 Å². The monoisotopic (exact) mass is 325 g/mol. The number of hydrogen-bond donors (Lipinski definition) is 1. The van der Waals surface area contributed by atoms with E-state index in [1.807, 2.05) is 6.07 Å². The van der Waals surface area contributed by atoms with E-state index in [-0.39, 0.29) is 28.8 Å². The zero-order valence-electron chi connectivity index (χ0n) is 11.6. The van der Waals surface area contributed by atoms with Crippen molar-refractivity contribution in [2.45, 2.75) is 39.0 Å². The second-order valence-electron chi connectivity index (χ2n) is 5.38. The summed E-state index contributed by atoms with van der Waals surface area (Å²) in [5.74, 6) is -0.723. The lowest BCUT2D eigenvalue weighted by atomic mass is 9.82. The Labute approximate surface area is 124 Å². The normalized spacial score (nSPS) is 15.9. The minimum atomic E-state index is -0.723. The van der Waals surface area contributed by atoms with Gasteiger partial charge in [-0.2, -0.15) is 4.58 Å². The van der Waals surface area contributed by atoms with Crippen LogP contribution in [0.25, 0.3) is 0 Å². The molecule has 1 N–H and O–H groups in total. The maximum Gasteiger partial charge on any atom is 0.303 e. The first kappa shape index (κ1) is 15.9. The predicted molar refractivity (Wildman–Crippen MR) is 71.8 cm³/mol. The average molecular weight is 326 g/mol. The van der Waals surface area contributed by atoms with Crippen LogP contribution in [0, 0.1) is 0 Å². The topological polar surface area (TPSA) is 40.3 Å². The van der Waals surface area contributed by atoms with Gasteiger partial charge in [0.1, 0.15) is 6.54 Å². The smallest absolute Gasteiger partial charge is 0.303 e. The Balaban J connectivity index is 0.00000180. The molecule has 0 radical (unpaired) electrons. The van der Waals surface area contributed by atoms with Gasteiger partial charge < -0.3 is 22.1 Å². The van der Waals surface area contributed by atoms with Crippen LogP contribution < -0.4 is 17.0 Å². The van der Waals surface area contributed by atoms with Gasteiger partial charge in [0.2, 0.25) is 5.69 Å². The molecule has 0 bridgehead atoms. The van der Waals surface area contributed by atoms with Crippen LogP contribution in [-0.4, -0.2) is 27.9 Å². The van der Waals surface area contributed by atoms with Crippen molar-refractivity contribution in [1.29, 1.82) is 0 Å². The van der Waals surface area contributed by atoms with Gasteiger partial charge in [0.15, 0.2) is 5.71 Å². The molecule has 0 atom stereocenters. The first-order valence-corrected chi connectivity index (χ1v) is 6.37. The second-order valence-corrected chi connectivity index (χ2v) is 5.38. The summed E-state index contributed by atoms with van der Waals surface area (Å²) in [4.78, 5) is 10.6. The summed E-state index contributed by atoms with van der Waals surface area (Å²) in [6.45, 7) is 7.36. The zero-order chi connectivity index (χ0) is 13.3. The van der Waals surface area contributed by atoms with Crippen molar-refractivity contribution in [2.24, 2.45) is 0 Å². The molecule has 2 rings (SSSR count). The highest BCUT2D eigenvalue weighted by Crippen LogP contribution is 2.39. The van der Waals surface area contributed by atoms with Crippen LogP contribution in [0.3, 0.4) is 0 Å². The van der Waals surface area contributed by atoms with E-state index >= 15 is 0 Å². The van der Waals surface area contributed by atoms with Gasteiger partial charge >= 0.3 is 5.97 Å². The molecule has 1 aromatic rings. The van der Waals surface area contributed by atoms with Crippen molar-refractivity contribution >= 4 is 17.4 Å². The number of carboxylic acid groups (broad SMARTS) is 1. The SMILES string of the molecule is CC1=[N+](CCCC(=O)O)c2ccccc2C1(C)C.[Br-]. The van der Waals surface area contributed by atoms with Gasteiger partial charge in [0.05, 0.1) is 11.8 Å². The number of carboxylic acids is 1. The van der Waals surface area contributed by atoms with E-state index in [1.54, 1.807) is 0 Å². The second kappa shape index (κ2) is 5.87. The minimum absolute atomic E-state index is 0. The molecule has 3 nitrogen and oxygen atoms in total. The van der Waals surface area contributed by atoms with Gasteiger partial charge in [-0.1, -0.05) is 18.2 Å². The Hall–Kier alpha value is -1.16. The molecule has 1 aliphatic rings. The lowest BCUT2D eigenvalue weighted by molar-refractivity contribution is -0.439. The van der Waals surface area contributed by atoms with E-state index in [9.17, 15) is 4.79 Å². The Morgan fingerprint density at radius 1 is 1.32 bits per heavy atom. The van der Waals surface area contributed by atoms with Crippen molar-refractivity contribution in [3.63, 3.8) is 0 Å². The molecule has 4 heteroatoms. The van der Waals surface area contributed by atoms with E-state index < -0.39 is 5.97 Å². The first-order chi connectivity index (χ1) is 8.44. The molecule has 104 valence electrons. The third kappa shape index (κ3) is 2.89. The number of benzene rings is 1. The van der Waals surface area contributed by atoms with Gasteiger partial charge in [-0.3, -0.25) is 4.79 Å². The summed E-state index contributed by atoms with van der Waals surface area (Å²) in [6.07, 6.45) is 0.906. The molecular formula is C15H20BrNO2. The first-order valence-electron chi connectivity index (χ1n) is 6.37. The number of halogens is 1. The maximum atomic E-state index is 10.6. The lowest BCUT2D eigenvalue weighted by Crippen LogP contribution is -3.00. The van der Waals surface area contributed by atoms with Crippen LogP contribution in [0.5, 0.6) is 0 Å². The average Bonchev–Trinajstić information content (AvgIpc) is 2.51. The van der Waals surface area contributed by atoms with Gasteiger partial charge in [-0.25, -0.2) is 0 Å². The van der Waals surface area contributed by atoms with E-state index in [2.05, 4.69) is 43.5 Å². The van der Waals surface area contributed by atoms with E-state index in [0.29, 0.717) is 6.42 Å². The summed E-state index contributed by atoms with van der Waals surface area (Å²) in [5.41, 5.74) is 3.90. The highest BCUT2D eigenvalue weighted by Gasteiger charge is 2.42. The summed E-state index contributed by atoms with van der Waals surface area (Å²) in [7, 11) is 0. The number of rotatable bonds is 4. The third-order valence-electron chi connectivity index (χ3n) is 3.95. The maximum absolute atomic E-state index is 10.6. The molecule has 19 heavy (non-hydrogen) atoms. The predicted octanol–water partition coefficient (Wildman–Crippen LogP) is -0.0485. The van der Waals surface area contributed by atoms with Crippen molar-refractivity contribution < 1.29 is 31.5 Å². The summed E-state index contributed by atoms with van der Waals surface area (Å²) >= 11 is 0. The van der Waals surface area contributed by atoms with Crippen molar-refractivity contribution in [3.05, 3.63) is 29.8 Å². The van der Waals surface area contributed by atoms with E-state index in [1.165, 1.54) is 17.0 Å². The molecule has 0 spiro atoms. The Bertz CT molecular complexity index is 521. The molecule has 1 aromatic carbocycles. The van der Waals surface area contributed by atoms with Crippen LogP contribution in [0.2, 0.25) is 0 Å². The molecule has 0 unspecified atom stereocenters. The molecular weight excluding hydrogens is 306 g/mol. The quantitative estimate of drug-likeness (QED) is 0.789. The van der Waals surface area contributed by atoms with Crippen LogP contribution in [0.15, 0.2) is 24.3 Å². The zero-order valence-corrected chi connectivity index (χ0v) is 13.2. The van der Waals surface area contributed by atoms with Gasteiger partial charge in [0, 0.05) is 25.0 Å². The minimum Gasteiger partial charge on any atom is -1.00 e. The molecule has 0 fully saturated rings. The molecule has 0 saturated heterocycles. The van der Waals surface area contributed by atoms with Crippen LogP contribution in [0.4, 0.5) is 5.69 Å². The van der Waals surface area contributed by atoms with Gasteiger partial charge in [-0.05, 0) is 13.8 Å². The summed E-state index contributed by atoms with van der Waals surface area (Å²) < 4.78 is 2.26. The van der Waals surface area contributed by atoms with Crippen molar-refractivity contribution in [2.75, 3.05) is 6.54 Å². The van der Waals surface area contributed by atoms with Crippen LogP contribution in [0.1, 0.15) is 39.2 Å². The van der Waals surface area contributed by atoms with Crippen LogP contribution >= 0.6 is 0 Å². The molecule has 1 aliphatic heterocycles. The van der Waals surface area contributed by atoms with Gasteiger partial charge in [-0.15, -0.1) is 0 Å². The standard InChI is InChI=1S/C15H19NO2.BrH/c1-11-15(2,3)12-7-4-5-8-13(12)16(11)10-6-9-14(17)18;/h4-5,7-8H,6,9-10H2,1-3H3;1H. The van der Waals surface area contributed by atoms with Crippen molar-refractivity contribution in [1.82, 2.24) is 0 Å². The Morgan fingerprint density at radius 3 is 2.58 bits per heavy atom. The molecule has 0 aromatic heterocycles. The summed E-state index contributed by atoms with van der Waals surface area (Å²) in [6, 6.07) is 8.39. The van der Waals surface area contributed by atoms with Crippen molar-refractivity contribution in [3.8, 4) is 0 Å². The molecule has 0 amide bonds. The lowest BCUT2D eigenvalue weighted by Gasteiger charge is -2.14. The van der Waals surface area contributed by atoms with E-state index in [0.717, 1.165) is 6.54 Å².